The molecule has 2 rings (SSSR count). The van der Waals surface area contributed by atoms with E-state index in [4.69, 9.17) is 10.2 Å². The fraction of sp³-hybridized carbons (Fsp3) is 0.200. The lowest BCUT2D eigenvalue weighted by Crippen LogP contribution is -2.21. The zero-order valence-corrected chi connectivity index (χ0v) is 8.60. The molecule has 16 heavy (non-hydrogen) atoms. The predicted octanol–water partition coefficient (Wildman–Crippen LogP) is 0.350. The van der Waals surface area contributed by atoms with Crippen LogP contribution in [-0.2, 0) is 16.1 Å². The van der Waals surface area contributed by atoms with Gasteiger partial charge in [0.25, 0.3) is 0 Å². The van der Waals surface area contributed by atoms with Crippen molar-refractivity contribution in [3.8, 4) is 0 Å². The summed E-state index contributed by atoms with van der Waals surface area (Å²) in [7, 11) is 1.25. The third kappa shape index (κ3) is 1.54. The Morgan fingerprint density at radius 1 is 1.56 bits per heavy atom. The molecule has 0 aliphatic rings. The number of hydrogen-bond acceptors (Lipinski definition) is 5. The number of rotatable bonds is 2. The fourth-order valence-electron chi connectivity index (χ4n) is 1.49. The second kappa shape index (κ2) is 3.73. The van der Waals surface area contributed by atoms with Crippen LogP contribution in [-0.4, -0.2) is 17.6 Å². The summed E-state index contributed by atoms with van der Waals surface area (Å²) in [5.41, 5.74) is 6.87. The van der Waals surface area contributed by atoms with E-state index in [1.807, 2.05) is 0 Å². The smallest absolute Gasteiger partial charge is 0.420 e. The largest absolute Gasteiger partial charge is 0.468 e. The van der Waals surface area contributed by atoms with Crippen LogP contribution < -0.4 is 11.5 Å². The van der Waals surface area contributed by atoms with Gasteiger partial charge in [-0.05, 0) is 12.1 Å². The minimum Gasteiger partial charge on any atom is -0.468 e. The van der Waals surface area contributed by atoms with Crippen LogP contribution in [0, 0.1) is 0 Å². The predicted molar refractivity (Wildman–Crippen MR) is 56.9 cm³/mol. The van der Waals surface area contributed by atoms with E-state index in [2.05, 4.69) is 4.74 Å². The van der Waals surface area contributed by atoms with E-state index in [9.17, 15) is 9.59 Å². The van der Waals surface area contributed by atoms with Gasteiger partial charge in [-0.15, -0.1) is 0 Å². The molecule has 0 fully saturated rings. The summed E-state index contributed by atoms with van der Waals surface area (Å²) in [6.45, 7) is -0.212. The number of fused-ring (bicyclic) bond motifs is 1. The molecule has 0 aliphatic carbocycles. The summed E-state index contributed by atoms with van der Waals surface area (Å²) in [6.07, 6.45) is 0. The molecular weight excluding hydrogens is 212 g/mol. The number of para-hydroxylation sites is 1. The lowest BCUT2D eigenvalue weighted by atomic mass is 10.3. The van der Waals surface area contributed by atoms with Crippen LogP contribution in [0.3, 0.4) is 0 Å². The molecule has 0 saturated heterocycles. The Balaban J connectivity index is 2.64. The van der Waals surface area contributed by atoms with E-state index in [1.54, 1.807) is 18.2 Å². The SMILES string of the molecule is COC(=O)Cn1c(=O)oc2cccc(N)c21. The van der Waals surface area contributed by atoms with Crippen LogP contribution in [0.5, 0.6) is 0 Å². The van der Waals surface area contributed by atoms with Crippen LogP contribution in [0.25, 0.3) is 11.1 Å². The van der Waals surface area contributed by atoms with Crippen molar-refractivity contribution in [2.75, 3.05) is 12.8 Å². The molecule has 6 heteroatoms. The van der Waals surface area contributed by atoms with Gasteiger partial charge in [0.1, 0.15) is 12.1 Å². The highest BCUT2D eigenvalue weighted by Gasteiger charge is 2.14. The van der Waals surface area contributed by atoms with Crippen LogP contribution >= 0.6 is 0 Å². The van der Waals surface area contributed by atoms with Gasteiger partial charge in [-0.1, -0.05) is 6.07 Å². The van der Waals surface area contributed by atoms with Gasteiger partial charge in [0, 0.05) is 0 Å². The molecule has 0 aliphatic heterocycles. The number of methoxy groups -OCH3 is 1. The number of ether oxygens (including phenoxy) is 1. The molecule has 0 radical (unpaired) electrons. The maximum Gasteiger partial charge on any atom is 0.420 e. The Morgan fingerprint density at radius 3 is 3.00 bits per heavy atom. The number of oxazole rings is 1. The molecule has 84 valence electrons. The Morgan fingerprint density at radius 2 is 2.31 bits per heavy atom. The normalized spacial score (nSPS) is 10.6. The Labute approximate surface area is 90.2 Å². The van der Waals surface area contributed by atoms with E-state index < -0.39 is 11.7 Å². The summed E-state index contributed by atoms with van der Waals surface area (Å²) in [5, 5.41) is 0. The third-order valence-electron chi connectivity index (χ3n) is 2.23. The number of nitrogens with zero attached hydrogens (tertiary/aromatic N) is 1. The molecule has 2 N–H and O–H groups in total. The first-order chi connectivity index (χ1) is 7.63. The molecule has 2 aromatic rings. The lowest BCUT2D eigenvalue weighted by Gasteiger charge is -2.01. The highest BCUT2D eigenvalue weighted by molar-refractivity contribution is 5.86. The van der Waals surface area contributed by atoms with Crippen LogP contribution in [0.15, 0.2) is 27.4 Å². The lowest BCUT2D eigenvalue weighted by molar-refractivity contribution is -0.141. The fourth-order valence-corrected chi connectivity index (χ4v) is 1.49. The third-order valence-corrected chi connectivity index (χ3v) is 2.23. The van der Waals surface area contributed by atoms with Crippen LogP contribution in [0.4, 0.5) is 5.69 Å². The van der Waals surface area contributed by atoms with Gasteiger partial charge in [-0.25, -0.2) is 4.79 Å². The maximum atomic E-state index is 11.5. The van der Waals surface area contributed by atoms with Gasteiger partial charge >= 0.3 is 11.7 Å². The van der Waals surface area contributed by atoms with Crippen molar-refractivity contribution in [3.63, 3.8) is 0 Å². The molecule has 0 spiro atoms. The monoisotopic (exact) mass is 222 g/mol. The van der Waals surface area contributed by atoms with Crippen molar-refractivity contribution in [2.24, 2.45) is 0 Å². The van der Waals surface area contributed by atoms with Gasteiger partial charge < -0.3 is 14.9 Å². The molecule has 6 nitrogen and oxygen atoms in total. The van der Waals surface area contributed by atoms with Crippen molar-refractivity contribution in [1.82, 2.24) is 4.57 Å². The molecule has 1 aromatic heterocycles. The summed E-state index contributed by atoms with van der Waals surface area (Å²) >= 11 is 0. The molecule has 0 bridgehead atoms. The minimum atomic E-state index is -0.627. The number of carbonyl (C=O) groups is 1. The molecule has 0 amide bonds. The van der Waals surface area contributed by atoms with E-state index in [1.165, 1.54) is 7.11 Å². The van der Waals surface area contributed by atoms with Crippen molar-refractivity contribution >= 4 is 22.8 Å². The van der Waals surface area contributed by atoms with Gasteiger partial charge in [0.15, 0.2) is 5.58 Å². The Hall–Kier alpha value is -2.24. The first kappa shape index (κ1) is 10.3. The summed E-state index contributed by atoms with van der Waals surface area (Å²) in [6, 6.07) is 4.91. The number of nitrogen functional groups attached to an aromatic ring is 1. The van der Waals surface area contributed by atoms with Crippen molar-refractivity contribution < 1.29 is 13.9 Å². The average Bonchev–Trinajstić information content (AvgIpc) is 2.56. The molecule has 0 unspecified atom stereocenters. The quantitative estimate of drug-likeness (QED) is 0.585. The molecule has 0 atom stereocenters. The van der Waals surface area contributed by atoms with Gasteiger partial charge in [-0.3, -0.25) is 9.36 Å². The second-order valence-electron chi connectivity index (χ2n) is 3.22. The number of nitrogens with two attached hydrogens (primary N) is 1. The van der Waals surface area contributed by atoms with Gasteiger partial charge in [0.05, 0.1) is 12.8 Å². The molecular formula is C10H10N2O4. The van der Waals surface area contributed by atoms with Crippen LogP contribution in [0.2, 0.25) is 0 Å². The number of hydrogen-bond donors (Lipinski definition) is 1. The topological polar surface area (TPSA) is 87.5 Å². The zero-order chi connectivity index (χ0) is 11.7. The standard InChI is InChI=1S/C10H10N2O4/c1-15-8(13)5-12-9-6(11)3-2-4-7(9)16-10(12)14/h2-4H,5,11H2,1H3. The highest BCUT2D eigenvalue weighted by atomic mass is 16.5. The second-order valence-corrected chi connectivity index (χ2v) is 3.22. The van der Waals surface area contributed by atoms with E-state index in [0.29, 0.717) is 16.8 Å². The van der Waals surface area contributed by atoms with Crippen molar-refractivity contribution in [2.45, 2.75) is 6.54 Å². The van der Waals surface area contributed by atoms with Crippen LogP contribution in [0.1, 0.15) is 0 Å². The summed E-state index contributed by atoms with van der Waals surface area (Å²) in [5.74, 6) is -1.16. The number of benzene rings is 1. The minimum absolute atomic E-state index is 0.212. The Kier molecular flexibility index (Phi) is 2.40. The van der Waals surface area contributed by atoms with E-state index >= 15 is 0 Å². The average molecular weight is 222 g/mol. The van der Waals surface area contributed by atoms with Gasteiger partial charge in [0.2, 0.25) is 0 Å². The van der Waals surface area contributed by atoms with Crippen molar-refractivity contribution in [1.29, 1.82) is 0 Å². The van der Waals surface area contributed by atoms with Gasteiger partial charge in [-0.2, -0.15) is 0 Å². The number of aromatic nitrogens is 1. The summed E-state index contributed by atoms with van der Waals surface area (Å²) in [4.78, 5) is 22.6. The molecule has 0 saturated carbocycles. The number of esters is 1. The number of carbonyl (C=O) groups excluding carboxylic acids is 1. The summed E-state index contributed by atoms with van der Waals surface area (Å²) < 4.78 is 10.6. The molecule has 1 heterocycles. The van der Waals surface area contributed by atoms with E-state index in [-0.39, 0.29) is 6.54 Å². The van der Waals surface area contributed by atoms with Crippen molar-refractivity contribution in [3.05, 3.63) is 28.7 Å². The number of anilines is 1. The Bertz CT molecular complexity index is 596. The van der Waals surface area contributed by atoms with E-state index in [0.717, 1.165) is 4.57 Å². The maximum absolute atomic E-state index is 11.5. The first-order valence-electron chi connectivity index (χ1n) is 4.58. The highest BCUT2D eigenvalue weighted by Crippen LogP contribution is 2.19. The first-order valence-corrected chi connectivity index (χ1v) is 4.58. The zero-order valence-electron chi connectivity index (χ0n) is 8.60. The molecule has 1 aromatic carbocycles.